The van der Waals surface area contributed by atoms with Crippen molar-refractivity contribution in [2.45, 2.75) is 6.92 Å². The molecule has 0 saturated heterocycles. The Morgan fingerprint density at radius 3 is 2.70 bits per heavy atom. The van der Waals surface area contributed by atoms with Crippen molar-refractivity contribution >= 4 is 28.2 Å². The van der Waals surface area contributed by atoms with Crippen molar-refractivity contribution in [1.82, 2.24) is 9.97 Å². The summed E-state index contributed by atoms with van der Waals surface area (Å²) in [6.45, 7) is 1.51. The first-order valence-corrected chi connectivity index (χ1v) is 6.33. The average molecular weight is 263 g/mol. The highest BCUT2D eigenvalue weighted by Crippen LogP contribution is 2.23. The number of nitrogens with one attached hydrogen (secondary N) is 1. The summed E-state index contributed by atoms with van der Waals surface area (Å²) in [5.41, 5.74) is 2.20. The standard InChI is InChI=1S/C16H13N3O/c1-11(20)13-7-3-9-15(18-13)19-14-8-2-5-12-6-4-10-17-16(12)14/h2-10H,1H3,(H,18,19). The van der Waals surface area contributed by atoms with Crippen LogP contribution in [0.4, 0.5) is 11.5 Å². The Labute approximate surface area is 116 Å². The summed E-state index contributed by atoms with van der Waals surface area (Å²) in [4.78, 5) is 20.0. The van der Waals surface area contributed by atoms with Crippen LogP contribution in [0.2, 0.25) is 0 Å². The lowest BCUT2D eigenvalue weighted by Crippen LogP contribution is -2.01. The molecule has 3 aromatic rings. The third-order valence-corrected chi connectivity index (χ3v) is 3.01. The van der Waals surface area contributed by atoms with Gasteiger partial charge in [0.05, 0.1) is 11.2 Å². The number of benzene rings is 1. The van der Waals surface area contributed by atoms with E-state index in [9.17, 15) is 4.79 Å². The minimum absolute atomic E-state index is 0.0512. The lowest BCUT2D eigenvalue weighted by atomic mass is 10.2. The predicted octanol–water partition coefficient (Wildman–Crippen LogP) is 3.58. The van der Waals surface area contributed by atoms with Gasteiger partial charge in [-0.1, -0.05) is 24.3 Å². The predicted molar refractivity (Wildman–Crippen MR) is 79.3 cm³/mol. The van der Waals surface area contributed by atoms with Crippen LogP contribution >= 0.6 is 0 Å². The maximum atomic E-state index is 11.4. The minimum Gasteiger partial charge on any atom is -0.338 e. The Kier molecular flexibility index (Phi) is 3.13. The van der Waals surface area contributed by atoms with Crippen LogP contribution in [0, 0.1) is 0 Å². The van der Waals surface area contributed by atoms with Crippen LogP contribution in [0.25, 0.3) is 10.9 Å². The summed E-state index contributed by atoms with van der Waals surface area (Å²) < 4.78 is 0. The summed E-state index contributed by atoms with van der Waals surface area (Å²) in [6, 6.07) is 15.2. The minimum atomic E-state index is -0.0512. The average Bonchev–Trinajstić information content (AvgIpc) is 2.48. The largest absolute Gasteiger partial charge is 0.338 e. The molecule has 98 valence electrons. The number of hydrogen-bond acceptors (Lipinski definition) is 4. The third-order valence-electron chi connectivity index (χ3n) is 3.01. The number of Topliss-reactive ketones (excluding diaryl/α,β-unsaturated/α-hetero) is 1. The van der Waals surface area contributed by atoms with Gasteiger partial charge in [0.2, 0.25) is 0 Å². The van der Waals surface area contributed by atoms with E-state index in [-0.39, 0.29) is 5.78 Å². The molecule has 4 heteroatoms. The zero-order chi connectivity index (χ0) is 13.9. The number of pyridine rings is 2. The Morgan fingerprint density at radius 1 is 1.05 bits per heavy atom. The maximum Gasteiger partial charge on any atom is 0.178 e. The molecule has 2 heterocycles. The molecule has 0 aliphatic rings. The van der Waals surface area contributed by atoms with Gasteiger partial charge >= 0.3 is 0 Å². The number of anilines is 2. The maximum absolute atomic E-state index is 11.4. The zero-order valence-corrected chi connectivity index (χ0v) is 11.0. The molecule has 0 aliphatic heterocycles. The Bertz CT molecular complexity index is 778. The van der Waals surface area contributed by atoms with Crippen molar-refractivity contribution < 1.29 is 4.79 Å². The normalized spacial score (nSPS) is 10.4. The summed E-state index contributed by atoms with van der Waals surface area (Å²) in [5, 5.41) is 4.27. The lowest BCUT2D eigenvalue weighted by Gasteiger charge is -2.08. The number of nitrogens with zero attached hydrogens (tertiary/aromatic N) is 2. The quantitative estimate of drug-likeness (QED) is 0.734. The van der Waals surface area contributed by atoms with Crippen LogP contribution in [-0.2, 0) is 0 Å². The topological polar surface area (TPSA) is 54.9 Å². The van der Waals surface area contributed by atoms with E-state index in [4.69, 9.17) is 0 Å². The molecule has 1 N–H and O–H groups in total. The van der Waals surface area contributed by atoms with Gasteiger partial charge in [-0.2, -0.15) is 0 Å². The lowest BCUT2D eigenvalue weighted by molar-refractivity contribution is 0.101. The van der Waals surface area contributed by atoms with Gasteiger partial charge in [-0.3, -0.25) is 9.78 Å². The van der Waals surface area contributed by atoms with E-state index in [0.717, 1.165) is 16.6 Å². The van der Waals surface area contributed by atoms with Gasteiger partial charge in [0.1, 0.15) is 11.5 Å². The molecule has 0 aliphatic carbocycles. The number of ketones is 1. The van der Waals surface area contributed by atoms with E-state index >= 15 is 0 Å². The van der Waals surface area contributed by atoms with Crippen LogP contribution in [0.1, 0.15) is 17.4 Å². The van der Waals surface area contributed by atoms with Gasteiger partial charge in [-0.15, -0.1) is 0 Å². The van der Waals surface area contributed by atoms with Crippen molar-refractivity contribution in [3.05, 3.63) is 60.4 Å². The first kappa shape index (κ1) is 12.3. The SMILES string of the molecule is CC(=O)c1cccc(Nc2cccc3cccnc23)n1. The van der Waals surface area contributed by atoms with E-state index in [1.165, 1.54) is 6.92 Å². The molecule has 0 radical (unpaired) electrons. The first-order chi connectivity index (χ1) is 9.74. The fraction of sp³-hybridized carbons (Fsp3) is 0.0625. The molecule has 2 aromatic heterocycles. The Morgan fingerprint density at radius 2 is 1.85 bits per heavy atom. The van der Waals surface area contributed by atoms with Crippen LogP contribution < -0.4 is 5.32 Å². The molecule has 3 rings (SSSR count). The van der Waals surface area contributed by atoms with Crippen LogP contribution in [0.15, 0.2) is 54.7 Å². The monoisotopic (exact) mass is 263 g/mol. The molecular formula is C16H13N3O. The molecule has 0 bridgehead atoms. The van der Waals surface area contributed by atoms with E-state index in [0.29, 0.717) is 11.5 Å². The van der Waals surface area contributed by atoms with E-state index in [1.807, 2.05) is 42.5 Å². The highest BCUT2D eigenvalue weighted by molar-refractivity contribution is 5.93. The summed E-state index contributed by atoms with van der Waals surface area (Å²) in [6.07, 6.45) is 1.76. The molecule has 0 spiro atoms. The van der Waals surface area contributed by atoms with Crippen molar-refractivity contribution in [2.24, 2.45) is 0 Å². The van der Waals surface area contributed by atoms with Gasteiger partial charge in [0, 0.05) is 18.5 Å². The summed E-state index contributed by atoms with van der Waals surface area (Å²) >= 11 is 0. The fourth-order valence-electron chi connectivity index (χ4n) is 2.04. The van der Waals surface area contributed by atoms with Gasteiger partial charge < -0.3 is 5.32 Å². The molecule has 0 saturated carbocycles. The van der Waals surface area contributed by atoms with Crippen molar-refractivity contribution in [2.75, 3.05) is 5.32 Å². The highest BCUT2D eigenvalue weighted by Gasteiger charge is 2.05. The van der Waals surface area contributed by atoms with Crippen LogP contribution in [0.3, 0.4) is 0 Å². The molecule has 1 aromatic carbocycles. The fourth-order valence-corrected chi connectivity index (χ4v) is 2.04. The number of aromatic nitrogens is 2. The third kappa shape index (κ3) is 2.36. The van der Waals surface area contributed by atoms with Crippen molar-refractivity contribution in [3.63, 3.8) is 0 Å². The second kappa shape index (κ2) is 5.09. The van der Waals surface area contributed by atoms with Crippen LogP contribution in [-0.4, -0.2) is 15.8 Å². The molecule has 0 fully saturated rings. The molecule has 0 unspecified atom stereocenters. The number of carbonyl (C=O) groups is 1. The molecular weight excluding hydrogens is 250 g/mol. The Hall–Kier alpha value is -2.75. The van der Waals surface area contributed by atoms with E-state index in [1.54, 1.807) is 12.3 Å². The second-order valence-electron chi connectivity index (χ2n) is 4.47. The number of hydrogen-bond donors (Lipinski definition) is 1. The molecule has 20 heavy (non-hydrogen) atoms. The van der Waals surface area contributed by atoms with Gasteiger partial charge in [-0.25, -0.2) is 4.98 Å². The van der Waals surface area contributed by atoms with Crippen molar-refractivity contribution in [1.29, 1.82) is 0 Å². The number of fused-ring (bicyclic) bond motifs is 1. The van der Waals surface area contributed by atoms with Gasteiger partial charge in [-0.05, 0) is 24.3 Å². The molecule has 0 amide bonds. The van der Waals surface area contributed by atoms with Gasteiger partial charge in [0.25, 0.3) is 0 Å². The molecule has 4 nitrogen and oxygen atoms in total. The first-order valence-electron chi connectivity index (χ1n) is 6.33. The second-order valence-corrected chi connectivity index (χ2v) is 4.47. The smallest absolute Gasteiger partial charge is 0.178 e. The van der Waals surface area contributed by atoms with E-state index in [2.05, 4.69) is 15.3 Å². The van der Waals surface area contributed by atoms with E-state index < -0.39 is 0 Å². The zero-order valence-electron chi connectivity index (χ0n) is 11.0. The highest BCUT2D eigenvalue weighted by atomic mass is 16.1. The Balaban J connectivity index is 2.01. The molecule has 0 atom stereocenters. The number of rotatable bonds is 3. The van der Waals surface area contributed by atoms with Crippen LogP contribution in [0.5, 0.6) is 0 Å². The summed E-state index contributed by atoms with van der Waals surface area (Å²) in [5.74, 6) is 0.584. The van der Waals surface area contributed by atoms with Gasteiger partial charge in [0.15, 0.2) is 5.78 Å². The number of carbonyl (C=O) groups excluding carboxylic acids is 1. The summed E-state index contributed by atoms with van der Waals surface area (Å²) in [7, 11) is 0. The van der Waals surface area contributed by atoms with Crippen molar-refractivity contribution in [3.8, 4) is 0 Å². The number of para-hydroxylation sites is 1.